The molecule has 0 aliphatic rings. The SMILES string of the molecule is C=CCC(CCCCCCCCC)(OC)OC.CCCCCCCCC(OCC)C(OCC)(OCC)OCC. The van der Waals surface area contributed by atoms with E-state index < -0.39 is 11.8 Å². The Morgan fingerprint density at radius 1 is 0.590 bits per heavy atom. The van der Waals surface area contributed by atoms with Gasteiger partial charge in [-0.3, -0.25) is 0 Å². The van der Waals surface area contributed by atoms with E-state index in [1.807, 2.05) is 33.8 Å². The highest BCUT2D eigenvalue weighted by Gasteiger charge is 2.42. The van der Waals surface area contributed by atoms with E-state index in [1.54, 1.807) is 14.2 Å². The van der Waals surface area contributed by atoms with Crippen LogP contribution >= 0.6 is 0 Å². The molecule has 0 aromatic heterocycles. The van der Waals surface area contributed by atoms with Crippen LogP contribution in [0.2, 0.25) is 0 Å². The van der Waals surface area contributed by atoms with E-state index in [9.17, 15) is 0 Å². The standard InChI is InChI=1S/C18H38O4.C15H30O2/c1-6-11-12-13-14-15-16-17(19-7-2)18(20-8-3,21-9-4)22-10-5;1-5-7-8-9-10-11-12-14-15(16-3,17-4)13-6-2/h17H,6-16H2,1-5H3;6H,2,5,7-14H2,1,3-4H3. The molecule has 0 aromatic rings. The van der Waals surface area contributed by atoms with Gasteiger partial charge in [0.05, 0.1) is 0 Å². The van der Waals surface area contributed by atoms with E-state index in [0.717, 1.165) is 25.7 Å². The zero-order valence-corrected chi connectivity index (χ0v) is 27.5. The fourth-order valence-corrected chi connectivity index (χ4v) is 4.81. The van der Waals surface area contributed by atoms with Crippen molar-refractivity contribution in [3.05, 3.63) is 12.7 Å². The third-order valence-electron chi connectivity index (χ3n) is 6.98. The van der Waals surface area contributed by atoms with E-state index in [1.165, 1.54) is 77.0 Å². The average molecular weight is 561 g/mol. The molecule has 0 aliphatic heterocycles. The molecule has 6 nitrogen and oxygen atoms in total. The second kappa shape index (κ2) is 29.0. The molecule has 0 radical (unpaired) electrons. The van der Waals surface area contributed by atoms with Crippen molar-refractivity contribution in [2.24, 2.45) is 0 Å². The number of unbranched alkanes of at least 4 members (excludes halogenated alkanes) is 11. The highest BCUT2D eigenvalue weighted by molar-refractivity contribution is 4.80. The highest BCUT2D eigenvalue weighted by atomic mass is 16.9. The predicted molar refractivity (Wildman–Crippen MR) is 165 cm³/mol. The average Bonchev–Trinajstić information content (AvgIpc) is 2.94. The van der Waals surface area contributed by atoms with Crippen molar-refractivity contribution in [2.75, 3.05) is 40.6 Å². The van der Waals surface area contributed by atoms with Gasteiger partial charge in [-0.1, -0.05) is 97.0 Å². The molecule has 0 amide bonds. The third-order valence-corrected chi connectivity index (χ3v) is 6.98. The van der Waals surface area contributed by atoms with Crippen LogP contribution in [0.25, 0.3) is 0 Å². The van der Waals surface area contributed by atoms with Gasteiger partial charge in [-0.15, -0.1) is 6.58 Å². The summed E-state index contributed by atoms with van der Waals surface area (Å²) in [5, 5.41) is 0. The number of rotatable bonds is 28. The van der Waals surface area contributed by atoms with Crippen LogP contribution in [0.15, 0.2) is 12.7 Å². The van der Waals surface area contributed by atoms with E-state index in [2.05, 4.69) is 20.4 Å². The molecule has 1 unspecified atom stereocenters. The number of ether oxygens (including phenoxy) is 6. The lowest BCUT2D eigenvalue weighted by Gasteiger charge is -2.38. The van der Waals surface area contributed by atoms with E-state index in [0.29, 0.717) is 26.4 Å². The van der Waals surface area contributed by atoms with Gasteiger partial charge in [0.25, 0.3) is 0 Å². The summed E-state index contributed by atoms with van der Waals surface area (Å²) in [7, 11) is 3.43. The van der Waals surface area contributed by atoms with Crippen LogP contribution < -0.4 is 0 Å². The van der Waals surface area contributed by atoms with Crippen molar-refractivity contribution in [1.29, 1.82) is 0 Å². The fraction of sp³-hybridized carbons (Fsp3) is 0.939. The maximum atomic E-state index is 5.92. The number of hydrogen-bond donors (Lipinski definition) is 0. The predicted octanol–water partition coefficient (Wildman–Crippen LogP) is 9.60. The summed E-state index contributed by atoms with van der Waals surface area (Å²) in [6, 6.07) is 0. The van der Waals surface area contributed by atoms with E-state index >= 15 is 0 Å². The maximum Gasteiger partial charge on any atom is 0.310 e. The molecule has 0 fully saturated rings. The molecule has 236 valence electrons. The molecule has 0 aliphatic carbocycles. The molecular formula is C33H68O6. The number of methoxy groups -OCH3 is 2. The second-order valence-corrected chi connectivity index (χ2v) is 10.1. The van der Waals surface area contributed by atoms with Gasteiger partial charge in [0.2, 0.25) is 0 Å². The summed E-state index contributed by atoms with van der Waals surface area (Å²) in [5.41, 5.74) is 0. The molecule has 0 rings (SSSR count). The van der Waals surface area contributed by atoms with Crippen LogP contribution in [-0.4, -0.2) is 58.5 Å². The molecule has 6 heteroatoms. The second-order valence-electron chi connectivity index (χ2n) is 10.1. The van der Waals surface area contributed by atoms with Crippen molar-refractivity contribution in [2.45, 2.75) is 162 Å². The lowest BCUT2D eigenvalue weighted by Crippen LogP contribution is -2.51. The molecule has 0 spiro atoms. The first-order valence-corrected chi connectivity index (χ1v) is 16.2. The van der Waals surface area contributed by atoms with Gasteiger partial charge in [-0.2, -0.15) is 0 Å². The first-order valence-electron chi connectivity index (χ1n) is 16.2. The van der Waals surface area contributed by atoms with Crippen molar-refractivity contribution in [1.82, 2.24) is 0 Å². The van der Waals surface area contributed by atoms with Crippen molar-refractivity contribution in [3.63, 3.8) is 0 Å². The topological polar surface area (TPSA) is 55.4 Å². The van der Waals surface area contributed by atoms with Gasteiger partial charge in [-0.25, -0.2) is 0 Å². The van der Waals surface area contributed by atoms with Crippen molar-refractivity contribution in [3.8, 4) is 0 Å². The molecule has 39 heavy (non-hydrogen) atoms. The minimum Gasteiger partial charge on any atom is -0.370 e. The van der Waals surface area contributed by atoms with Crippen molar-refractivity contribution < 1.29 is 28.4 Å². The van der Waals surface area contributed by atoms with Crippen LogP contribution in [0.1, 0.15) is 144 Å². The van der Waals surface area contributed by atoms with Crippen LogP contribution in [0.5, 0.6) is 0 Å². The lowest BCUT2D eigenvalue weighted by atomic mass is 10.0. The highest BCUT2D eigenvalue weighted by Crippen LogP contribution is 2.28. The van der Waals surface area contributed by atoms with Gasteiger partial charge in [0, 0.05) is 53.5 Å². The summed E-state index contributed by atoms with van der Waals surface area (Å²) in [5.74, 6) is -1.50. The fourth-order valence-electron chi connectivity index (χ4n) is 4.81. The Labute approximate surface area is 243 Å². The van der Waals surface area contributed by atoms with E-state index in [4.69, 9.17) is 28.4 Å². The minimum atomic E-state index is -1.06. The van der Waals surface area contributed by atoms with Crippen LogP contribution in [0.3, 0.4) is 0 Å². The zero-order chi connectivity index (χ0) is 29.7. The summed E-state index contributed by atoms with van der Waals surface area (Å²) in [6.45, 7) is 18.4. The molecular weight excluding hydrogens is 492 g/mol. The van der Waals surface area contributed by atoms with Gasteiger partial charge in [0.1, 0.15) is 6.10 Å². The Bertz CT molecular complexity index is 478. The molecule has 0 saturated carbocycles. The largest absolute Gasteiger partial charge is 0.370 e. The summed E-state index contributed by atoms with van der Waals surface area (Å²) >= 11 is 0. The first-order chi connectivity index (χ1) is 18.9. The van der Waals surface area contributed by atoms with Gasteiger partial charge in [-0.05, 0) is 40.5 Å². The molecule has 1 atom stereocenters. The Balaban J connectivity index is 0. The quantitative estimate of drug-likeness (QED) is 0.0539. The Morgan fingerprint density at radius 2 is 1.03 bits per heavy atom. The zero-order valence-electron chi connectivity index (χ0n) is 27.5. The molecule has 0 bridgehead atoms. The summed E-state index contributed by atoms with van der Waals surface area (Å²) < 4.78 is 34.4. The molecule has 0 saturated heterocycles. The van der Waals surface area contributed by atoms with E-state index in [-0.39, 0.29) is 6.10 Å². The van der Waals surface area contributed by atoms with Crippen LogP contribution in [0.4, 0.5) is 0 Å². The molecule has 0 heterocycles. The molecule has 0 aromatic carbocycles. The van der Waals surface area contributed by atoms with Crippen molar-refractivity contribution >= 4 is 0 Å². The van der Waals surface area contributed by atoms with Gasteiger partial charge in [0.15, 0.2) is 5.79 Å². The number of hydrogen-bond acceptors (Lipinski definition) is 6. The Hall–Kier alpha value is -0.500. The summed E-state index contributed by atoms with van der Waals surface area (Å²) in [6.07, 6.45) is 21.1. The normalized spacial score (nSPS) is 12.7. The smallest absolute Gasteiger partial charge is 0.310 e. The minimum absolute atomic E-state index is 0.177. The van der Waals surface area contributed by atoms with Crippen LogP contribution in [0, 0.1) is 0 Å². The monoisotopic (exact) mass is 561 g/mol. The molecule has 0 N–H and O–H groups in total. The Morgan fingerprint density at radius 3 is 1.41 bits per heavy atom. The summed E-state index contributed by atoms with van der Waals surface area (Å²) in [4.78, 5) is 0. The van der Waals surface area contributed by atoms with Gasteiger partial charge < -0.3 is 28.4 Å². The maximum absolute atomic E-state index is 5.92. The lowest BCUT2D eigenvalue weighted by molar-refractivity contribution is -0.415. The van der Waals surface area contributed by atoms with Crippen LogP contribution in [-0.2, 0) is 28.4 Å². The first kappa shape index (κ1) is 40.6. The third kappa shape index (κ3) is 20.1. The van der Waals surface area contributed by atoms with Gasteiger partial charge >= 0.3 is 5.97 Å². The Kier molecular flexibility index (Phi) is 30.2.